The molecular weight excluding hydrogens is 255 g/mol. The van der Waals surface area contributed by atoms with Crippen molar-refractivity contribution in [2.75, 3.05) is 0 Å². The molecule has 1 atom stereocenters. The lowest BCUT2D eigenvalue weighted by Gasteiger charge is -2.24. The summed E-state index contributed by atoms with van der Waals surface area (Å²) >= 11 is 0. The predicted molar refractivity (Wildman–Crippen MR) is 59.3 cm³/mol. The first-order valence-corrected chi connectivity index (χ1v) is 5.94. The predicted octanol–water partition coefficient (Wildman–Crippen LogP) is 1.95. The van der Waals surface area contributed by atoms with Gasteiger partial charge in [0.25, 0.3) is 0 Å². The van der Waals surface area contributed by atoms with Crippen LogP contribution in [0.3, 0.4) is 0 Å². The van der Waals surface area contributed by atoms with Gasteiger partial charge in [-0.05, 0) is 19.9 Å². The highest BCUT2D eigenvalue weighted by atomic mass is 32.2. The minimum atomic E-state index is -5.43. The number of hydrogen-bond donors (Lipinski definition) is 1. The van der Waals surface area contributed by atoms with Crippen LogP contribution in [0, 0.1) is 12.3 Å². The Bertz CT molecular complexity index is 457. The van der Waals surface area contributed by atoms with E-state index in [-0.39, 0.29) is 0 Å². The van der Waals surface area contributed by atoms with Crippen LogP contribution in [0.2, 0.25) is 0 Å². The van der Waals surface area contributed by atoms with Crippen molar-refractivity contribution >= 4 is 10.0 Å². The summed E-state index contributed by atoms with van der Waals surface area (Å²) < 4.78 is 60.0. The van der Waals surface area contributed by atoms with E-state index in [1.54, 1.807) is 6.92 Å². The molecule has 0 aliphatic rings. The smallest absolute Gasteiger partial charge is 0.203 e. The lowest BCUT2D eigenvalue weighted by molar-refractivity contribution is -0.0451. The van der Waals surface area contributed by atoms with Gasteiger partial charge in [-0.15, -0.1) is 6.42 Å². The van der Waals surface area contributed by atoms with Crippen LogP contribution in [0.1, 0.15) is 13.8 Å². The summed E-state index contributed by atoms with van der Waals surface area (Å²) in [5.41, 5.74) is -6.88. The molecule has 0 aromatic heterocycles. The SMILES string of the molecule is C#C/C=C\C(C)(/C=C\C)NS(=O)(=O)C(F)(F)F. The third-order valence-electron chi connectivity index (χ3n) is 1.70. The fourth-order valence-corrected chi connectivity index (χ4v) is 1.87. The molecule has 0 saturated heterocycles. The van der Waals surface area contributed by atoms with Crippen LogP contribution < -0.4 is 4.72 Å². The number of nitrogens with one attached hydrogen (secondary N) is 1. The minimum absolute atomic E-state index is 1.12. The van der Waals surface area contributed by atoms with Gasteiger partial charge in [0, 0.05) is 0 Å². The van der Waals surface area contributed by atoms with Crippen molar-refractivity contribution in [3.63, 3.8) is 0 Å². The van der Waals surface area contributed by atoms with Crippen molar-refractivity contribution in [1.29, 1.82) is 0 Å². The van der Waals surface area contributed by atoms with E-state index >= 15 is 0 Å². The number of rotatable bonds is 4. The summed E-state index contributed by atoms with van der Waals surface area (Å²) in [7, 11) is -5.43. The molecule has 0 aliphatic heterocycles. The Kier molecular flexibility index (Phi) is 4.98. The molecule has 0 spiro atoms. The fourth-order valence-electron chi connectivity index (χ4n) is 1.04. The Labute approximate surface area is 98.5 Å². The number of hydrogen-bond acceptors (Lipinski definition) is 2. The molecule has 1 unspecified atom stereocenters. The van der Waals surface area contributed by atoms with Gasteiger partial charge in [0.1, 0.15) is 0 Å². The molecule has 0 radical (unpaired) electrons. The van der Waals surface area contributed by atoms with Gasteiger partial charge in [0.05, 0.1) is 5.54 Å². The Hall–Kier alpha value is -1.26. The third kappa shape index (κ3) is 4.63. The van der Waals surface area contributed by atoms with Gasteiger partial charge in [0.15, 0.2) is 0 Å². The second kappa shape index (κ2) is 5.38. The van der Waals surface area contributed by atoms with Crippen molar-refractivity contribution < 1.29 is 21.6 Å². The number of terminal acetylenes is 1. The number of alkyl halides is 3. The largest absolute Gasteiger partial charge is 0.511 e. The van der Waals surface area contributed by atoms with Crippen molar-refractivity contribution in [1.82, 2.24) is 4.72 Å². The molecule has 0 rings (SSSR count). The first-order chi connectivity index (χ1) is 7.58. The van der Waals surface area contributed by atoms with Gasteiger partial charge in [0.2, 0.25) is 0 Å². The van der Waals surface area contributed by atoms with E-state index in [1.165, 1.54) is 23.8 Å². The summed E-state index contributed by atoms with van der Waals surface area (Å²) in [6, 6.07) is 0. The number of allylic oxidation sites excluding steroid dienone is 2. The van der Waals surface area contributed by atoms with E-state index < -0.39 is 21.1 Å². The van der Waals surface area contributed by atoms with Crippen LogP contribution in [0.15, 0.2) is 24.3 Å². The van der Waals surface area contributed by atoms with Crippen molar-refractivity contribution in [3.05, 3.63) is 24.3 Å². The van der Waals surface area contributed by atoms with Gasteiger partial charge in [-0.25, -0.2) is 8.42 Å². The number of sulfonamides is 1. The summed E-state index contributed by atoms with van der Waals surface area (Å²) in [6.07, 6.45) is 9.86. The number of halogens is 3. The Balaban J connectivity index is 5.31. The molecule has 0 aromatic carbocycles. The van der Waals surface area contributed by atoms with Crippen molar-refractivity contribution in [2.24, 2.45) is 0 Å². The summed E-state index contributed by atoms with van der Waals surface area (Å²) in [4.78, 5) is 0. The quantitative estimate of drug-likeness (QED) is 0.625. The van der Waals surface area contributed by atoms with Crippen molar-refractivity contribution in [2.45, 2.75) is 24.9 Å². The molecule has 7 heteroatoms. The van der Waals surface area contributed by atoms with E-state index in [1.807, 2.05) is 0 Å². The normalized spacial score (nSPS) is 17.2. The molecule has 96 valence electrons. The van der Waals surface area contributed by atoms with Crippen molar-refractivity contribution in [3.8, 4) is 12.3 Å². The van der Waals surface area contributed by atoms with E-state index in [0.29, 0.717) is 0 Å². The minimum Gasteiger partial charge on any atom is -0.203 e. The van der Waals surface area contributed by atoms with Crippen LogP contribution in [0.4, 0.5) is 13.2 Å². The van der Waals surface area contributed by atoms with Gasteiger partial charge >= 0.3 is 15.5 Å². The molecule has 0 aliphatic carbocycles. The molecule has 17 heavy (non-hydrogen) atoms. The van der Waals surface area contributed by atoms with Crippen LogP contribution in [-0.4, -0.2) is 19.5 Å². The summed E-state index contributed by atoms with van der Waals surface area (Å²) in [6.45, 7) is 2.80. The zero-order valence-corrected chi connectivity index (χ0v) is 10.1. The molecule has 0 amide bonds. The highest BCUT2D eigenvalue weighted by Gasteiger charge is 2.48. The van der Waals surface area contributed by atoms with Gasteiger partial charge in [-0.1, -0.05) is 24.1 Å². The van der Waals surface area contributed by atoms with E-state index in [0.717, 1.165) is 12.2 Å². The van der Waals surface area contributed by atoms with E-state index in [4.69, 9.17) is 6.42 Å². The van der Waals surface area contributed by atoms with E-state index in [9.17, 15) is 21.6 Å². The lowest BCUT2D eigenvalue weighted by atomic mass is 10.0. The Morgan fingerprint density at radius 2 is 1.82 bits per heavy atom. The van der Waals surface area contributed by atoms with Crippen LogP contribution in [0.25, 0.3) is 0 Å². The second-order valence-corrected chi connectivity index (χ2v) is 5.01. The molecule has 1 N–H and O–H groups in total. The van der Waals surface area contributed by atoms with Crippen LogP contribution in [-0.2, 0) is 10.0 Å². The first kappa shape index (κ1) is 15.7. The second-order valence-electron chi connectivity index (χ2n) is 3.33. The van der Waals surface area contributed by atoms with E-state index in [2.05, 4.69) is 5.92 Å². The van der Waals surface area contributed by atoms with Gasteiger partial charge < -0.3 is 0 Å². The van der Waals surface area contributed by atoms with Crippen LogP contribution >= 0.6 is 0 Å². The maximum absolute atomic E-state index is 12.2. The molecule has 0 aromatic rings. The maximum atomic E-state index is 12.2. The average molecular weight is 267 g/mol. The third-order valence-corrected chi connectivity index (χ3v) is 3.02. The summed E-state index contributed by atoms with van der Waals surface area (Å²) in [5.74, 6) is 2.08. The first-order valence-electron chi connectivity index (χ1n) is 4.46. The monoisotopic (exact) mass is 267 g/mol. The van der Waals surface area contributed by atoms with Gasteiger partial charge in [-0.2, -0.15) is 17.9 Å². The summed E-state index contributed by atoms with van der Waals surface area (Å²) in [5, 5.41) is 0. The lowest BCUT2D eigenvalue weighted by Crippen LogP contribution is -2.48. The van der Waals surface area contributed by atoms with Crippen LogP contribution in [0.5, 0.6) is 0 Å². The average Bonchev–Trinajstić information content (AvgIpc) is 2.12. The fraction of sp³-hybridized carbons (Fsp3) is 0.400. The standard InChI is InChI=1S/C10H12F3NO2S/c1-4-6-8-9(3,7-5-2)14-17(15,16)10(11,12)13/h1,5-8,14H,2-3H3/b7-5-,8-6-. The highest BCUT2D eigenvalue weighted by molar-refractivity contribution is 7.90. The van der Waals surface area contributed by atoms with Gasteiger partial charge in [-0.3, -0.25) is 0 Å². The zero-order valence-electron chi connectivity index (χ0n) is 9.25. The molecule has 0 heterocycles. The molecule has 0 saturated carbocycles. The Morgan fingerprint density at radius 1 is 1.29 bits per heavy atom. The topological polar surface area (TPSA) is 46.2 Å². The molecule has 0 bridgehead atoms. The molecule has 0 fully saturated rings. The maximum Gasteiger partial charge on any atom is 0.511 e. The highest BCUT2D eigenvalue weighted by Crippen LogP contribution is 2.24. The molecular formula is C10H12F3NO2S. The Morgan fingerprint density at radius 3 is 2.18 bits per heavy atom. The molecule has 3 nitrogen and oxygen atoms in total. The zero-order chi connectivity index (χ0) is 13.7.